The Morgan fingerprint density at radius 2 is 1.89 bits per heavy atom. The number of amidine groups is 1. The highest BCUT2D eigenvalue weighted by atomic mass is 35.5. The van der Waals surface area contributed by atoms with Gasteiger partial charge in [0.15, 0.2) is 0 Å². The van der Waals surface area contributed by atoms with E-state index in [1.807, 2.05) is 20.8 Å². The number of hydrogen-bond donors (Lipinski definition) is 2. The first-order chi connectivity index (χ1) is 7.72. The van der Waals surface area contributed by atoms with Crippen molar-refractivity contribution in [2.24, 2.45) is 16.5 Å². The van der Waals surface area contributed by atoms with Gasteiger partial charge >= 0.3 is 5.97 Å². The van der Waals surface area contributed by atoms with Crippen LogP contribution in [-0.2, 0) is 9.53 Å². The minimum atomic E-state index is -0.544. The molecule has 0 aromatic carbocycles. The van der Waals surface area contributed by atoms with E-state index in [0.29, 0.717) is 18.8 Å². The van der Waals surface area contributed by atoms with Crippen LogP contribution in [0, 0.1) is 0 Å². The third kappa shape index (κ3) is 11.7. The molecular formula is C12H26ClN3O2. The third-order valence-electron chi connectivity index (χ3n) is 1.99. The SMILES string of the molecule is CC(N)=NCCCCC(N)C(=O)OC(C)(C)C.Cl. The van der Waals surface area contributed by atoms with Gasteiger partial charge in [-0.15, -0.1) is 12.4 Å². The molecule has 0 amide bonds. The topological polar surface area (TPSA) is 90.7 Å². The van der Waals surface area contributed by atoms with Crippen LogP contribution >= 0.6 is 12.4 Å². The summed E-state index contributed by atoms with van der Waals surface area (Å²) in [7, 11) is 0. The normalized spacial score (nSPS) is 13.7. The van der Waals surface area contributed by atoms with Gasteiger partial charge in [-0.1, -0.05) is 0 Å². The molecule has 4 N–H and O–H groups in total. The van der Waals surface area contributed by atoms with E-state index < -0.39 is 11.6 Å². The number of esters is 1. The standard InChI is InChI=1S/C12H25N3O2.ClH/c1-9(13)15-8-6-5-7-10(14)11(16)17-12(2,3)4;/h10H,5-8,14H2,1-4H3,(H2,13,15);1H. The summed E-state index contributed by atoms with van der Waals surface area (Å²) in [5.41, 5.74) is 10.7. The van der Waals surface area contributed by atoms with Crippen LogP contribution in [0.3, 0.4) is 0 Å². The minimum Gasteiger partial charge on any atom is -0.459 e. The van der Waals surface area contributed by atoms with Gasteiger partial charge in [-0.25, -0.2) is 0 Å². The lowest BCUT2D eigenvalue weighted by atomic mass is 10.1. The predicted molar refractivity (Wildman–Crippen MR) is 77.1 cm³/mol. The van der Waals surface area contributed by atoms with Crippen LogP contribution in [0.25, 0.3) is 0 Å². The van der Waals surface area contributed by atoms with Gasteiger partial charge in [0.2, 0.25) is 0 Å². The average molecular weight is 280 g/mol. The molecule has 0 heterocycles. The first kappa shape index (κ1) is 19.5. The second-order valence-corrected chi connectivity index (χ2v) is 5.16. The van der Waals surface area contributed by atoms with Gasteiger partial charge in [0.1, 0.15) is 11.6 Å². The maximum atomic E-state index is 11.5. The van der Waals surface area contributed by atoms with Crippen molar-refractivity contribution in [2.75, 3.05) is 6.54 Å². The summed E-state index contributed by atoms with van der Waals surface area (Å²) in [5, 5.41) is 0. The third-order valence-corrected chi connectivity index (χ3v) is 1.99. The predicted octanol–water partition coefficient (Wildman–Crippen LogP) is 1.62. The van der Waals surface area contributed by atoms with E-state index in [-0.39, 0.29) is 18.4 Å². The molecule has 0 aromatic rings. The summed E-state index contributed by atoms with van der Waals surface area (Å²) in [6, 6.07) is -0.544. The van der Waals surface area contributed by atoms with Crippen molar-refractivity contribution in [2.45, 2.75) is 58.6 Å². The maximum absolute atomic E-state index is 11.5. The summed E-state index contributed by atoms with van der Waals surface area (Å²) in [5.74, 6) is 0.248. The maximum Gasteiger partial charge on any atom is 0.323 e. The van der Waals surface area contributed by atoms with Crippen molar-refractivity contribution in [3.8, 4) is 0 Å². The summed E-state index contributed by atoms with van der Waals surface area (Å²) >= 11 is 0. The minimum absolute atomic E-state index is 0. The van der Waals surface area contributed by atoms with Crippen LogP contribution in [0.1, 0.15) is 47.0 Å². The summed E-state index contributed by atoms with van der Waals surface area (Å²) in [4.78, 5) is 15.6. The molecule has 0 aliphatic heterocycles. The van der Waals surface area contributed by atoms with Crippen LogP contribution in [0.4, 0.5) is 0 Å². The van der Waals surface area contributed by atoms with E-state index in [9.17, 15) is 4.79 Å². The highest BCUT2D eigenvalue weighted by Crippen LogP contribution is 2.10. The molecule has 0 saturated carbocycles. The molecule has 0 bridgehead atoms. The molecule has 0 spiro atoms. The Hall–Kier alpha value is -0.810. The lowest BCUT2D eigenvalue weighted by Gasteiger charge is -2.22. The Labute approximate surface area is 116 Å². The van der Waals surface area contributed by atoms with E-state index in [2.05, 4.69) is 4.99 Å². The highest BCUT2D eigenvalue weighted by molar-refractivity contribution is 5.85. The fourth-order valence-electron chi connectivity index (χ4n) is 1.23. The van der Waals surface area contributed by atoms with Crippen molar-refractivity contribution in [1.82, 2.24) is 0 Å². The lowest BCUT2D eigenvalue weighted by molar-refractivity contribution is -0.156. The van der Waals surface area contributed by atoms with Crippen LogP contribution in [0.5, 0.6) is 0 Å². The van der Waals surface area contributed by atoms with Gasteiger partial charge < -0.3 is 16.2 Å². The Balaban J connectivity index is 0. The molecule has 0 aliphatic rings. The zero-order valence-electron chi connectivity index (χ0n) is 11.7. The van der Waals surface area contributed by atoms with Gasteiger partial charge in [-0.3, -0.25) is 9.79 Å². The molecule has 6 heteroatoms. The fourth-order valence-corrected chi connectivity index (χ4v) is 1.23. The van der Waals surface area contributed by atoms with E-state index in [0.717, 1.165) is 12.8 Å². The van der Waals surface area contributed by atoms with Gasteiger partial charge in [0.25, 0.3) is 0 Å². The number of hydrogen-bond acceptors (Lipinski definition) is 4. The van der Waals surface area contributed by atoms with Crippen molar-refractivity contribution in [3.63, 3.8) is 0 Å². The molecule has 0 rings (SSSR count). The highest BCUT2D eigenvalue weighted by Gasteiger charge is 2.21. The smallest absolute Gasteiger partial charge is 0.323 e. The average Bonchev–Trinajstić information content (AvgIpc) is 2.13. The molecule has 0 aliphatic carbocycles. The number of rotatable bonds is 6. The zero-order chi connectivity index (χ0) is 13.5. The molecule has 0 aromatic heterocycles. The number of nitrogens with zero attached hydrogens (tertiary/aromatic N) is 1. The largest absolute Gasteiger partial charge is 0.459 e. The summed E-state index contributed by atoms with van der Waals surface area (Å²) in [6.45, 7) is 7.93. The number of ether oxygens (including phenoxy) is 1. The summed E-state index contributed by atoms with van der Waals surface area (Å²) < 4.78 is 5.18. The molecule has 5 nitrogen and oxygen atoms in total. The Kier molecular flexibility index (Phi) is 9.94. The van der Waals surface area contributed by atoms with Crippen LogP contribution in [0.15, 0.2) is 4.99 Å². The van der Waals surface area contributed by atoms with Gasteiger partial charge in [0, 0.05) is 6.54 Å². The molecule has 1 unspecified atom stereocenters. The molecule has 0 saturated heterocycles. The van der Waals surface area contributed by atoms with E-state index in [4.69, 9.17) is 16.2 Å². The number of aliphatic imine (C=N–C) groups is 1. The van der Waals surface area contributed by atoms with Crippen LogP contribution in [0.2, 0.25) is 0 Å². The van der Waals surface area contributed by atoms with Gasteiger partial charge in [-0.05, 0) is 47.0 Å². The van der Waals surface area contributed by atoms with Crippen molar-refractivity contribution >= 4 is 24.2 Å². The number of carbonyl (C=O) groups is 1. The molecular weight excluding hydrogens is 254 g/mol. The first-order valence-electron chi connectivity index (χ1n) is 5.97. The molecule has 18 heavy (non-hydrogen) atoms. The number of unbranched alkanes of at least 4 members (excludes halogenated alkanes) is 1. The monoisotopic (exact) mass is 279 g/mol. The van der Waals surface area contributed by atoms with Gasteiger partial charge in [-0.2, -0.15) is 0 Å². The van der Waals surface area contributed by atoms with E-state index >= 15 is 0 Å². The Bertz CT molecular complexity index is 271. The number of nitrogens with two attached hydrogens (primary N) is 2. The second kappa shape index (κ2) is 9.16. The van der Waals surface area contributed by atoms with Crippen LogP contribution in [-0.4, -0.2) is 30.0 Å². The fraction of sp³-hybridized carbons (Fsp3) is 0.833. The van der Waals surface area contributed by atoms with E-state index in [1.165, 1.54) is 0 Å². The Morgan fingerprint density at radius 3 is 2.33 bits per heavy atom. The van der Waals surface area contributed by atoms with Crippen molar-refractivity contribution < 1.29 is 9.53 Å². The van der Waals surface area contributed by atoms with Crippen molar-refractivity contribution in [1.29, 1.82) is 0 Å². The number of carbonyl (C=O) groups excluding carboxylic acids is 1. The lowest BCUT2D eigenvalue weighted by Crippen LogP contribution is -2.37. The number of halogens is 1. The molecule has 0 fully saturated rings. The van der Waals surface area contributed by atoms with Crippen molar-refractivity contribution in [3.05, 3.63) is 0 Å². The van der Waals surface area contributed by atoms with Gasteiger partial charge in [0.05, 0.1) is 5.84 Å². The second-order valence-electron chi connectivity index (χ2n) is 5.16. The van der Waals surface area contributed by atoms with E-state index in [1.54, 1.807) is 6.92 Å². The summed E-state index contributed by atoms with van der Waals surface area (Å²) in [6.07, 6.45) is 2.34. The Morgan fingerprint density at radius 1 is 1.33 bits per heavy atom. The zero-order valence-corrected chi connectivity index (χ0v) is 12.5. The molecule has 0 radical (unpaired) electrons. The quantitative estimate of drug-likeness (QED) is 0.335. The first-order valence-corrected chi connectivity index (χ1v) is 5.97. The molecule has 108 valence electrons. The van der Waals surface area contributed by atoms with Crippen LogP contribution < -0.4 is 11.5 Å². The molecule has 1 atom stereocenters.